The second kappa shape index (κ2) is 9.36. The summed E-state index contributed by atoms with van der Waals surface area (Å²) in [7, 11) is 0. The zero-order chi connectivity index (χ0) is 19.2. The molecule has 5 heteroatoms. The van der Waals surface area contributed by atoms with E-state index in [0.29, 0.717) is 11.8 Å². The Kier molecular flexibility index (Phi) is 6.89. The molecule has 1 aliphatic carbocycles. The van der Waals surface area contributed by atoms with Gasteiger partial charge in [0.2, 0.25) is 0 Å². The summed E-state index contributed by atoms with van der Waals surface area (Å²) in [5.74, 6) is 0.399. The highest BCUT2D eigenvalue weighted by molar-refractivity contribution is 5.95. The number of carbonyl (C=O) groups excluding carboxylic acids is 1. The van der Waals surface area contributed by atoms with Crippen molar-refractivity contribution in [1.82, 2.24) is 10.6 Å². The molecule has 2 aliphatic rings. The molecule has 0 radical (unpaired) electrons. The van der Waals surface area contributed by atoms with Crippen LogP contribution in [0.3, 0.4) is 0 Å². The van der Waals surface area contributed by atoms with Crippen LogP contribution in [0.5, 0.6) is 0 Å². The lowest BCUT2D eigenvalue weighted by Crippen LogP contribution is -2.38. The molecule has 0 aromatic heterocycles. The quantitative estimate of drug-likeness (QED) is 0.713. The van der Waals surface area contributed by atoms with Crippen molar-refractivity contribution in [2.45, 2.75) is 70.3 Å². The van der Waals surface area contributed by atoms with E-state index < -0.39 is 5.97 Å². The molecule has 2 fully saturated rings. The molecule has 1 aromatic carbocycles. The van der Waals surface area contributed by atoms with Gasteiger partial charge in [0.1, 0.15) is 0 Å². The molecular weight excluding hydrogens is 340 g/mol. The van der Waals surface area contributed by atoms with Crippen LogP contribution < -0.4 is 10.6 Å². The van der Waals surface area contributed by atoms with Gasteiger partial charge in [0, 0.05) is 18.0 Å². The highest BCUT2D eigenvalue weighted by atomic mass is 16.4. The lowest BCUT2D eigenvalue weighted by atomic mass is 9.83. The zero-order valence-corrected chi connectivity index (χ0v) is 16.3. The first-order valence-corrected chi connectivity index (χ1v) is 10.4. The van der Waals surface area contributed by atoms with E-state index >= 15 is 0 Å². The Hall–Kier alpha value is -1.88. The van der Waals surface area contributed by atoms with Crippen LogP contribution >= 0.6 is 0 Å². The fourth-order valence-electron chi connectivity index (χ4n) is 4.54. The molecule has 1 aromatic rings. The third-order valence-electron chi connectivity index (χ3n) is 6.25. The topological polar surface area (TPSA) is 78.4 Å². The van der Waals surface area contributed by atoms with Gasteiger partial charge in [0.05, 0.1) is 0 Å². The number of amides is 1. The monoisotopic (exact) mass is 372 g/mol. The predicted molar refractivity (Wildman–Crippen MR) is 106 cm³/mol. The zero-order valence-electron chi connectivity index (χ0n) is 16.3. The minimum absolute atomic E-state index is 0.0262. The number of carbonyl (C=O) groups is 2. The SMILES string of the molecule is Cc1cc(C2CCNCC2)ccc1C(=O)NC1CCC(CCC(=O)O)CC1. The summed E-state index contributed by atoms with van der Waals surface area (Å²) in [4.78, 5) is 23.4. The van der Waals surface area contributed by atoms with Gasteiger partial charge in [-0.3, -0.25) is 9.59 Å². The summed E-state index contributed by atoms with van der Waals surface area (Å²) in [6, 6.07) is 6.51. The molecule has 0 atom stereocenters. The normalized spacial score (nSPS) is 23.7. The molecule has 0 spiro atoms. The molecule has 5 nitrogen and oxygen atoms in total. The van der Waals surface area contributed by atoms with Crippen molar-refractivity contribution in [3.05, 3.63) is 34.9 Å². The Bertz CT molecular complexity index is 660. The van der Waals surface area contributed by atoms with E-state index in [2.05, 4.69) is 22.8 Å². The molecule has 1 saturated heterocycles. The average molecular weight is 373 g/mol. The number of hydrogen-bond donors (Lipinski definition) is 3. The van der Waals surface area contributed by atoms with Gasteiger partial charge in [-0.25, -0.2) is 0 Å². The molecule has 3 N–H and O–H groups in total. The number of aliphatic carboxylic acids is 1. The molecule has 0 unspecified atom stereocenters. The second-order valence-electron chi connectivity index (χ2n) is 8.22. The van der Waals surface area contributed by atoms with Crippen LogP contribution in [0.4, 0.5) is 0 Å². The summed E-state index contributed by atoms with van der Waals surface area (Å²) < 4.78 is 0. The van der Waals surface area contributed by atoms with E-state index in [-0.39, 0.29) is 18.4 Å². The molecule has 1 aliphatic heterocycles. The number of nitrogens with one attached hydrogen (secondary N) is 2. The number of piperidine rings is 1. The fraction of sp³-hybridized carbons (Fsp3) is 0.636. The third kappa shape index (κ3) is 5.55. The number of carboxylic acid groups (broad SMARTS) is 1. The highest BCUT2D eigenvalue weighted by Crippen LogP contribution is 2.29. The van der Waals surface area contributed by atoms with Gasteiger partial charge in [0.25, 0.3) is 5.91 Å². The van der Waals surface area contributed by atoms with Crippen LogP contribution in [-0.4, -0.2) is 36.1 Å². The Balaban J connectivity index is 1.51. The Morgan fingerprint density at radius 3 is 2.44 bits per heavy atom. The second-order valence-corrected chi connectivity index (χ2v) is 8.22. The van der Waals surface area contributed by atoms with Crippen molar-refractivity contribution in [1.29, 1.82) is 0 Å². The number of rotatable bonds is 6. The minimum atomic E-state index is -0.714. The van der Waals surface area contributed by atoms with Crippen LogP contribution in [0.2, 0.25) is 0 Å². The molecule has 0 bridgehead atoms. The minimum Gasteiger partial charge on any atom is -0.481 e. The number of carboxylic acids is 1. The van der Waals surface area contributed by atoms with Crippen molar-refractivity contribution in [3.63, 3.8) is 0 Å². The summed E-state index contributed by atoms with van der Waals surface area (Å²) in [6.07, 6.45) is 7.24. The van der Waals surface area contributed by atoms with Gasteiger partial charge >= 0.3 is 5.97 Å². The van der Waals surface area contributed by atoms with E-state index in [9.17, 15) is 9.59 Å². The van der Waals surface area contributed by atoms with Crippen molar-refractivity contribution < 1.29 is 14.7 Å². The summed E-state index contributed by atoms with van der Waals surface area (Å²) in [5.41, 5.74) is 3.18. The fourth-order valence-corrected chi connectivity index (χ4v) is 4.54. The number of aryl methyl sites for hydroxylation is 1. The summed E-state index contributed by atoms with van der Waals surface area (Å²) >= 11 is 0. The first-order valence-electron chi connectivity index (χ1n) is 10.4. The summed E-state index contributed by atoms with van der Waals surface area (Å²) in [6.45, 7) is 4.17. The van der Waals surface area contributed by atoms with Gasteiger partial charge in [-0.15, -0.1) is 0 Å². The first kappa shape index (κ1) is 19.9. The smallest absolute Gasteiger partial charge is 0.303 e. The highest BCUT2D eigenvalue weighted by Gasteiger charge is 2.24. The lowest BCUT2D eigenvalue weighted by Gasteiger charge is -2.29. The molecule has 1 heterocycles. The van der Waals surface area contributed by atoms with E-state index in [0.717, 1.165) is 69.2 Å². The van der Waals surface area contributed by atoms with Gasteiger partial charge in [-0.2, -0.15) is 0 Å². The maximum atomic E-state index is 12.7. The van der Waals surface area contributed by atoms with Crippen LogP contribution in [-0.2, 0) is 4.79 Å². The van der Waals surface area contributed by atoms with Gasteiger partial charge < -0.3 is 15.7 Å². The lowest BCUT2D eigenvalue weighted by molar-refractivity contribution is -0.137. The maximum Gasteiger partial charge on any atom is 0.303 e. The van der Waals surface area contributed by atoms with E-state index in [1.54, 1.807) is 0 Å². The van der Waals surface area contributed by atoms with Crippen molar-refractivity contribution in [2.24, 2.45) is 5.92 Å². The van der Waals surface area contributed by atoms with E-state index in [1.165, 1.54) is 5.56 Å². The molecule has 148 valence electrons. The molecule has 3 rings (SSSR count). The van der Waals surface area contributed by atoms with Crippen LogP contribution in [0, 0.1) is 12.8 Å². The van der Waals surface area contributed by atoms with Crippen molar-refractivity contribution >= 4 is 11.9 Å². The van der Waals surface area contributed by atoms with E-state index in [4.69, 9.17) is 5.11 Å². The number of benzene rings is 1. The Morgan fingerprint density at radius 1 is 1.11 bits per heavy atom. The molecular formula is C22H32N2O3. The molecule has 1 amide bonds. The third-order valence-corrected chi connectivity index (χ3v) is 6.25. The molecule has 1 saturated carbocycles. The predicted octanol–water partition coefficient (Wildman–Crippen LogP) is 3.62. The van der Waals surface area contributed by atoms with E-state index in [1.807, 2.05) is 13.0 Å². The summed E-state index contributed by atoms with van der Waals surface area (Å²) in [5, 5.41) is 15.4. The van der Waals surface area contributed by atoms with Crippen molar-refractivity contribution in [3.8, 4) is 0 Å². The largest absolute Gasteiger partial charge is 0.481 e. The standard InChI is InChI=1S/C22H32N2O3/c1-15-14-18(17-10-12-23-13-11-17)5-8-20(15)22(27)24-19-6-2-16(3-7-19)4-9-21(25)26/h5,8,14,16-17,19,23H,2-4,6-7,9-13H2,1H3,(H,24,27)(H,25,26). The van der Waals surface area contributed by atoms with Gasteiger partial charge in [-0.1, -0.05) is 12.1 Å². The van der Waals surface area contributed by atoms with Crippen LogP contribution in [0.15, 0.2) is 18.2 Å². The molecule has 27 heavy (non-hydrogen) atoms. The van der Waals surface area contributed by atoms with Crippen molar-refractivity contribution in [2.75, 3.05) is 13.1 Å². The first-order chi connectivity index (χ1) is 13.0. The average Bonchev–Trinajstić information content (AvgIpc) is 2.68. The maximum absolute atomic E-state index is 12.7. The van der Waals surface area contributed by atoms with Gasteiger partial charge in [-0.05, 0) is 94.0 Å². The Morgan fingerprint density at radius 2 is 1.81 bits per heavy atom. The van der Waals surface area contributed by atoms with Gasteiger partial charge in [0.15, 0.2) is 0 Å². The number of hydrogen-bond acceptors (Lipinski definition) is 3. The Labute approximate surface area is 161 Å². The van der Waals surface area contributed by atoms with Crippen LogP contribution in [0.1, 0.15) is 78.8 Å². The van der Waals surface area contributed by atoms with Crippen LogP contribution in [0.25, 0.3) is 0 Å².